The van der Waals surface area contributed by atoms with E-state index < -0.39 is 22.1 Å². The lowest BCUT2D eigenvalue weighted by Crippen LogP contribution is -2.35. The van der Waals surface area contributed by atoms with Crippen LogP contribution in [0.15, 0.2) is 23.1 Å². The number of ether oxygens (including phenoxy) is 1. The Morgan fingerprint density at radius 2 is 1.96 bits per heavy atom. The van der Waals surface area contributed by atoms with E-state index in [1.54, 1.807) is 13.0 Å². The van der Waals surface area contributed by atoms with Crippen LogP contribution in [0.2, 0.25) is 0 Å². The molecule has 0 aromatic heterocycles. The van der Waals surface area contributed by atoms with Crippen molar-refractivity contribution in [2.45, 2.75) is 44.1 Å². The maximum absolute atomic E-state index is 12.7. The molecule has 0 spiro atoms. The molecule has 0 bridgehead atoms. The first-order valence-corrected chi connectivity index (χ1v) is 9.01. The molecular weight excluding hydrogens is 316 g/mol. The fourth-order valence-corrected chi connectivity index (χ4v) is 4.03. The first kappa shape index (κ1) is 17.4. The average Bonchev–Trinajstić information content (AvgIpc) is 2.55. The van der Waals surface area contributed by atoms with Gasteiger partial charge in [0.05, 0.1) is 10.5 Å². The smallest absolute Gasteiger partial charge is 0.339 e. The van der Waals surface area contributed by atoms with E-state index >= 15 is 0 Å². The van der Waals surface area contributed by atoms with Crippen molar-refractivity contribution in [2.75, 3.05) is 13.1 Å². The van der Waals surface area contributed by atoms with Gasteiger partial charge in [0.15, 0.2) is 6.10 Å². The maximum atomic E-state index is 12.7. The van der Waals surface area contributed by atoms with E-state index in [-0.39, 0.29) is 10.5 Å². The normalized spacial score (nSPS) is 17.3. The molecule has 7 heteroatoms. The number of hydrogen-bond acceptors (Lipinski definition) is 5. The second kappa shape index (κ2) is 7.11. The number of carbonyl (C=O) groups is 1. The van der Waals surface area contributed by atoms with Crippen molar-refractivity contribution in [2.24, 2.45) is 0 Å². The Balaban J connectivity index is 2.33. The summed E-state index contributed by atoms with van der Waals surface area (Å²) in [6, 6.07) is 6.24. The van der Waals surface area contributed by atoms with E-state index in [1.807, 2.05) is 6.07 Å². The Morgan fingerprint density at radius 3 is 2.57 bits per heavy atom. The van der Waals surface area contributed by atoms with Crippen molar-refractivity contribution in [1.82, 2.24) is 4.31 Å². The van der Waals surface area contributed by atoms with Crippen LogP contribution in [0.25, 0.3) is 0 Å². The summed E-state index contributed by atoms with van der Waals surface area (Å²) < 4.78 is 31.8. The molecule has 0 aliphatic carbocycles. The van der Waals surface area contributed by atoms with Gasteiger partial charge in [-0.1, -0.05) is 12.5 Å². The van der Waals surface area contributed by atoms with Crippen molar-refractivity contribution in [3.8, 4) is 6.07 Å². The summed E-state index contributed by atoms with van der Waals surface area (Å²) in [5.74, 6) is -0.688. The summed E-state index contributed by atoms with van der Waals surface area (Å²) in [5.41, 5.74) is 0.780. The number of rotatable bonds is 4. The van der Waals surface area contributed by atoms with Gasteiger partial charge in [-0.25, -0.2) is 13.2 Å². The highest BCUT2D eigenvalue weighted by Gasteiger charge is 2.27. The minimum Gasteiger partial charge on any atom is -0.444 e. The van der Waals surface area contributed by atoms with Crippen LogP contribution in [0.5, 0.6) is 0 Å². The lowest BCUT2D eigenvalue weighted by molar-refractivity contribution is 0.0434. The summed E-state index contributed by atoms with van der Waals surface area (Å²) >= 11 is 0. The number of esters is 1. The van der Waals surface area contributed by atoms with Gasteiger partial charge in [0.1, 0.15) is 6.07 Å². The second-order valence-corrected chi connectivity index (χ2v) is 7.56. The maximum Gasteiger partial charge on any atom is 0.339 e. The summed E-state index contributed by atoms with van der Waals surface area (Å²) in [5, 5.41) is 8.72. The summed E-state index contributed by atoms with van der Waals surface area (Å²) in [6.07, 6.45) is 1.84. The largest absolute Gasteiger partial charge is 0.444 e. The van der Waals surface area contributed by atoms with Gasteiger partial charge in [-0.2, -0.15) is 9.57 Å². The van der Waals surface area contributed by atoms with Crippen molar-refractivity contribution in [1.29, 1.82) is 5.26 Å². The highest BCUT2D eigenvalue weighted by atomic mass is 32.2. The molecule has 124 valence electrons. The molecule has 1 heterocycles. The number of sulfonamides is 1. The number of piperidine rings is 1. The molecule has 0 N–H and O–H groups in total. The van der Waals surface area contributed by atoms with E-state index in [2.05, 4.69) is 0 Å². The second-order valence-electron chi connectivity index (χ2n) is 5.62. The van der Waals surface area contributed by atoms with Gasteiger partial charge in [0, 0.05) is 13.1 Å². The molecule has 1 aromatic rings. The molecule has 0 radical (unpaired) electrons. The lowest BCUT2D eigenvalue weighted by atomic mass is 10.1. The number of aryl methyl sites for hydroxylation is 1. The quantitative estimate of drug-likeness (QED) is 0.787. The summed E-state index contributed by atoms with van der Waals surface area (Å²) in [7, 11) is -3.61. The van der Waals surface area contributed by atoms with Crippen molar-refractivity contribution < 1.29 is 17.9 Å². The average molecular weight is 336 g/mol. The number of hydrogen-bond donors (Lipinski definition) is 0. The van der Waals surface area contributed by atoms with Crippen LogP contribution in [0.3, 0.4) is 0 Å². The summed E-state index contributed by atoms with van der Waals surface area (Å²) in [4.78, 5) is 12.2. The fourth-order valence-electron chi connectivity index (χ4n) is 2.49. The van der Waals surface area contributed by atoms with E-state index in [1.165, 1.54) is 23.4 Å². The number of benzene rings is 1. The standard InChI is InChI=1S/C16H20N2O4S/c1-12-6-7-14(10-15(12)16(19)22-13(2)11-17)23(20,21)18-8-4-3-5-9-18/h6-7,10,13H,3-5,8-9H2,1-2H3/t13-/m0/s1. The molecule has 1 fully saturated rings. The Kier molecular flexibility index (Phi) is 5.39. The fraction of sp³-hybridized carbons (Fsp3) is 0.500. The third-order valence-corrected chi connectivity index (χ3v) is 5.74. The molecule has 0 unspecified atom stereocenters. The van der Waals surface area contributed by atoms with Gasteiger partial charge in [-0.3, -0.25) is 0 Å². The van der Waals surface area contributed by atoms with Crippen LogP contribution in [0.4, 0.5) is 0 Å². The van der Waals surface area contributed by atoms with Gasteiger partial charge in [0.2, 0.25) is 10.0 Å². The molecule has 23 heavy (non-hydrogen) atoms. The predicted molar refractivity (Wildman–Crippen MR) is 84.3 cm³/mol. The molecule has 1 atom stereocenters. The minimum atomic E-state index is -3.61. The van der Waals surface area contributed by atoms with E-state index in [9.17, 15) is 13.2 Å². The number of nitrogens with zero attached hydrogens (tertiary/aromatic N) is 2. The van der Waals surface area contributed by atoms with Crippen LogP contribution in [0.1, 0.15) is 42.1 Å². The molecular formula is C16H20N2O4S. The van der Waals surface area contributed by atoms with Gasteiger partial charge in [-0.15, -0.1) is 0 Å². The topological polar surface area (TPSA) is 87.5 Å². The molecule has 1 aromatic carbocycles. The molecule has 2 rings (SSSR count). The zero-order chi connectivity index (χ0) is 17.0. The van der Waals surface area contributed by atoms with E-state index in [0.717, 1.165) is 19.3 Å². The van der Waals surface area contributed by atoms with Gasteiger partial charge in [-0.05, 0) is 44.4 Å². The van der Waals surface area contributed by atoms with E-state index in [0.29, 0.717) is 18.7 Å². The Morgan fingerprint density at radius 1 is 1.30 bits per heavy atom. The van der Waals surface area contributed by atoms with Gasteiger partial charge < -0.3 is 4.74 Å². The monoisotopic (exact) mass is 336 g/mol. The van der Waals surface area contributed by atoms with Crippen molar-refractivity contribution in [3.05, 3.63) is 29.3 Å². The van der Waals surface area contributed by atoms with Crippen LogP contribution >= 0.6 is 0 Å². The van der Waals surface area contributed by atoms with Crippen molar-refractivity contribution in [3.63, 3.8) is 0 Å². The Bertz CT molecular complexity index is 731. The third-order valence-electron chi connectivity index (χ3n) is 3.85. The highest BCUT2D eigenvalue weighted by Crippen LogP contribution is 2.23. The van der Waals surface area contributed by atoms with Crippen LogP contribution in [0, 0.1) is 18.3 Å². The minimum absolute atomic E-state index is 0.0848. The zero-order valence-electron chi connectivity index (χ0n) is 13.3. The molecule has 1 aliphatic heterocycles. The Labute approximate surface area is 136 Å². The number of carbonyl (C=O) groups excluding carboxylic acids is 1. The van der Waals surface area contributed by atoms with E-state index in [4.69, 9.17) is 10.00 Å². The first-order valence-electron chi connectivity index (χ1n) is 7.57. The number of nitriles is 1. The first-order chi connectivity index (χ1) is 10.9. The lowest BCUT2D eigenvalue weighted by Gasteiger charge is -2.26. The highest BCUT2D eigenvalue weighted by molar-refractivity contribution is 7.89. The van der Waals surface area contributed by atoms with Crippen LogP contribution in [-0.4, -0.2) is 37.9 Å². The molecule has 0 amide bonds. The molecule has 1 saturated heterocycles. The zero-order valence-corrected chi connectivity index (χ0v) is 14.1. The van der Waals surface area contributed by atoms with Crippen LogP contribution < -0.4 is 0 Å². The van der Waals surface area contributed by atoms with Gasteiger partial charge in [0.25, 0.3) is 0 Å². The SMILES string of the molecule is Cc1ccc(S(=O)(=O)N2CCCCC2)cc1C(=O)O[C@@H](C)C#N. The molecule has 0 saturated carbocycles. The van der Waals surface area contributed by atoms with Crippen LogP contribution in [-0.2, 0) is 14.8 Å². The molecule has 1 aliphatic rings. The van der Waals surface area contributed by atoms with Gasteiger partial charge >= 0.3 is 5.97 Å². The Hall–Kier alpha value is -1.91. The molecule has 6 nitrogen and oxygen atoms in total. The summed E-state index contributed by atoms with van der Waals surface area (Å²) in [6.45, 7) is 4.16. The predicted octanol–water partition coefficient (Wildman–Crippen LogP) is 2.24. The third kappa shape index (κ3) is 3.89. The van der Waals surface area contributed by atoms with Crippen molar-refractivity contribution >= 4 is 16.0 Å².